The summed E-state index contributed by atoms with van der Waals surface area (Å²) in [4.78, 5) is 15.7. The lowest BCUT2D eigenvalue weighted by atomic mass is 10.2. The van der Waals surface area contributed by atoms with Gasteiger partial charge in [0.1, 0.15) is 0 Å². The van der Waals surface area contributed by atoms with Crippen molar-refractivity contribution in [3.05, 3.63) is 54.5 Å². The molecule has 3 rings (SSSR count). The molecule has 0 bridgehead atoms. The Kier molecular flexibility index (Phi) is 3.28. The highest BCUT2D eigenvalue weighted by Gasteiger charge is 2.03. The summed E-state index contributed by atoms with van der Waals surface area (Å²) in [6, 6.07) is 9.05. The Balaban J connectivity index is 1.61. The molecule has 6 heteroatoms. The number of H-pyrrole nitrogens is 1. The molecule has 2 heterocycles. The fourth-order valence-corrected chi connectivity index (χ4v) is 1.87. The number of nitrogens with zero attached hydrogens (tertiary/aromatic N) is 2. The van der Waals surface area contributed by atoms with Crippen molar-refractivity contribution in [3.63, 3.8) is 0 Å². The molecule has 0 spiro atoms. The molecule has 100 valence electrons. The molecular weight excluding hydrogens is 254 g/mol. The quantitative estimate of drug-likeness (QED) is 0.680. The molecule has 0 unspecified atom stereocenters. The van der Waals surface area contributed by atoms with Gasteiger partial charge in [-0.3, -0.25) is 10.1 Å². The van der Waals surface area contributed by atoms with Gasteiger partial charge in [0.05, 0.1) is 11.7 Å². The Bertz CT molecular complexity index is 723. The van der Waals surface area contributed by atoms with Gasteiger partial charge in [0, 0.05) is 30.0 Å². The summed E-state index contributed by atoms with van der Waals surface area (Å²) in [5.74, 6) is 0. The number of carbonyl (C=O) groups excluding carboxylic acids is 1. The zero-order chi connectivity index (χ0) is 13.8. The predicted molar refractivity (Wildman–Crippen MR) is 76.2 cm³/mol. The largest absolute Gasteiger partial charge is 0.334 e. The second kappa shape index (κ2) is 5.40. The minimum absolute atomic E-state index is 0.249. The van der Waals surface area contributed by atoms with Crippen LogP contribution in [0.15, 0.2) is 48.9 Å². The van der Waals surface area contributed by atoms with E-state index in [2.05, 4.69) is 25.8 Å². The van der Waals surface area contributed by atoms with Crippen molar-refractivity contribution in [1.29, 1.82) is 0 Å². The molecule has 0 aliphatic heterocycles. The number of urea groups is 1. The fraction of sp³-hybridized carbons (Fsp3) is 0.0714. The number of nitrogens with one attached hydrogen (secondary N) is 3. The van der Waals surface area contributed by atoms with E-state index in [4.69, 9.17) is 0 Å². The van der Waals surface area contributed by atoms with Gasteiger partial charge in [-0.2, -0.15) is 5.10 Å². The lowest BCUT2D eigenvalue weighted by molar-refractivity contribution is 0.251. The molecule has 0 fully saturated rings. The Morgan fingerprint density at radius 3 is 2.90 bits per heavy atom. The number of aromatic amines is 1. The van der Waals surface area contributed by atoms with E-state index in [1.807, 2.05) is 30.3 Å². The molecule has 1 aromatic carbocycles. The van der Waals surface area contributed by atoms with Crippen LogP contribution in [0.25, 0.3) is 10.9 Å². The maximum absolute atomic E-state index is 11.8. The maximum atomic E-state index is 11.8. The fourth-order valence-electron chi connectivity index (χ4n) is 1.87. The molecule has 2 amide bonds. The first-order valence-electron chi connectivity index (χ1n) is 6.18. The van der Waals surface area contributed by atoms with Crippen molar-refractivity contribution in [1.82, 2.24) is 20.5 Å². The van der Waals surface area contributed by atoms with E-state index in [1.54, 1.807) is 18.6 Å². The molecule has 0 aliphatic rings. The lowest BCUT2D eigenvalue weighted by Gasteiger charge is -2.07. The smallest absolute Gasteiger partial charge is 0.319 e. The zero-order valence-corrected chi connectivity index (χ0v) is 10.6. The summed E-state index contributed by atoms with van der Waals surface area (Å²) < 4.78 is 0. The normalized spacial score (nSPS) is 10.4. The molecule has 0 atom stereocenters. The number of anilines is 1. The average molecular weight is 267 g/mol. The maximum Gasteiger partial charge on any atom is 0.319 e. The van der Waals surface area contributed by atoms with Gasteiger partial charge in [-0.1, -0.05) is 0 Å². The van der Waals surface area contributed by atoms with Crippen LogP contribution < -0.4 is 10.6 Å². The van der Waals surface area contributed by atoms with E-state index in [1.165, 1.54) is 0 Å². The third-order valence-electron chi connectivity index (χ3n) is 2.90. The third kappa shape index (κ3) is 2.74. The minimum Gasteiger partial charge on any atom is -0.334 e. The van der Waals surface area contributed by atoms with E-state index in [0.29, 0.717) is 12.2 Å². The zero-order valence-electron chi connectivity index (χ0n) is 10.6. The van der Waals surface area contributed by atoms with Crippen LogP contribution in [0.1, 0.15) is 5.56 Å². The van der Waals surface area contributed by atoms with Crippen molar-refractivity contribution < 1.29 is 4.79 Å². The Morgan fingerprint density at radius 2 is 2.05 bits per heavy atom. The van der Waals surface area contributed by atoms with Crippen molar-refractivity contribution in [3.8, 4) is 0 Å². The number of pyridine rings is 1. The van der Waals surface area contributed by atoms with Crippen LogP contribution in [0, 0.1) is 0 Å². The minimum atomic E-state index is -0.249. The number of carbonyl (C=O) groups is 1. The highest BCUT2D eigenvalue weighted by molar-refractivity contribution is 5.92. The van der Waals surface area contributed by atoms with Crippen LogP contribution in [-0.4, -0.2) is 21.2 Å². The van der Waals surface area contributed by atoms with Crippen molar-refractivity contribution >= 4 is 22.6 Å². The predicted octanol–water partition coefficient (Wildman–Crippen LogP) is 2.28. The number of benzene rings is 1. The van der Waals surface area contributed by atoms with Crippen molar-refractivity contribution in [2.24, 2.45) is 0 Å². The molecular formula is C14H13N5O. The first-order chi connectivity index (χ1) is 9.81. The molecule has 20 heavy (non-hydrogen) atoms. The number of amides is 2. The molecule has 0 radical (unpaired) electrons. The highest BCUT2D eigenvalue weighted by atomic mass is 16.2. The molecule has 0 aliphatic carbocycles. The van der Waals surface area contributed by atoms with E-state index in [9.17, 15) is 4.79 Å². The molecule has 6 nitrogen and oxygen atoms in total. The van der Waals surface area contributed by atoms with E-state index in [0.717, 1.165) is 16.5 Å². The van der Waals surface area contributed by atoms with Gasteiger partial charge < -0.3 is 10.6 Å². The molecule has 0 saturated carbocycles. The summed E-state index contributed by atoms with van der Waals surface area (Å²) >= 11 is 0. The van der Waals surface area contributed by atoms with Gasteiger partial charge in [0.25, 0.3) is 0 Å². The average Bonchev–Trinajstić information content (AvgIpc) is 2.94. The number of fused-ring (bicyclic) bond motifs is 1. The summed E-state index contributed by atoms with van der Waals surface area (Å²) in [6.07, 6.45) is 5.13. The second-order valence-corrected chi connectivity index (χ2v) is 4.34. The van der Waals surface area contributed by atoms with Crippen LogP contribution in [0.3, 0.4) is 0 Å². The van der Waals surface area contributed by atoms with Gasteiger partial charge in [-0.25, -0.2) is 4.79 Å². The molecule has 0 saturated heterocycles. The lowest BCUT2D eigenvalue weighted by Crippen LogP contribution is -2.28. The van der Waals surface area contributed by atoms with Gasteiger partial charge >= 0.3 is 6.03 Å². The number of hydrogen-bond donors (Lipinski definition) is 3. The monoisotopic (exact) mass is 267 g/mol. The van der Waals surface area contributed by atoms with Crippen LogP contribution in [0.4, 0.5) is 10.5 Å². The summed E-state index contributed by atoms with van der Waals surface area (Å²) in [5.41, 5.74) is 2.60. The van der Waals surface area contributed by atoms with Crippen LogP contribution >= 0.6 is 0 Å². The highest BCUT2D eigenvalue weighted by Crippen LogP contribution is 2.16. The summed E-state index contributed by atoms with van der Waals surface area (Å²) in [7, 11) is 0. The number of aromatic nitrogens is 3. The van der Waals surface area contributed by atoms with Crippen LogP contribution in [-0.2, 0) is 6.54 Å². The number of rotatable bonds is 3. The van der Waals surface area contributed by atoms with E-state index in [-0.39, 0.29) is 6.03 Å². The van der Waals surface area contributed by atoms with Gasteiger partial charge in [-0.05, 0) is 35.9 Å². The topological polar surface area (TPSA) is 82.7 Å². The van der Waals surface area contributed by atoms with Gasteiger partial charge in [-0.15, -0.1) is 0 Å². The summed E-state index contributed by atoms with van der Waals surface area (Å²) in [6.45, 7) is 0.459. The third-order valence-corrected chi connectivity index (χ3v) is 2.90. The van der Waals surface area contributed by atoms with Crippen molar-refractivity contribution in [2.45, 2.75) is 6.54 Å². The first kappa shape index (κ1) is 12.2. The standard InChI is InChI=1S/C14H13N5O/c20-14(16-8-10-3-5-15-6-4-10)18-12-2-1-11-9-17-19-13(11)7-12/h1-7,9H,8H2,(H,17,19)(H2,16,18,20). The molecule has 2 aromatic heterocycles. The second-order valence-electron chi connectivity index (χ2n) is 4.34. The van der Waals surface area contributed by atoms with E-state index >= 15 is 0 Å². The van der Waals surface area contributed by atoms with Crippen molar-refractivity contribution in [2.75, 3.05) is 5.32 Å². The Morgan fingerprint density at radius 1 is 1.20 bits per heavy atom. The van der Waals surface area contributed by atoms with E-state index < -0.39 is 0 Å². The summed E-state index contributed by atoms with van der Waals surface area (Å²) in [5, 5.41) is 13.4. The van der Waals surface area contributed by atoms with Crippen LogP contribution in [0.5, 0.6) is 0 Å². The van der Waals surface area contributed by atoms with Crippen LogP contribution in [0.2, 0.25) is 0 Å². The molecule has 3 N–H and O–H groups in total. The SMILES string of the molecule is O=C(NCc1ccncc1)Nc1ccc2cn[nH]c2c1. The Hall–Kier alpha value is -2.89. The van der Waals surface area contributed by atoms with Gasteiger partial charge in [0.15, 0.2) is 0 Å². The first-order valence-corrected chi connectivity index (χ1v) is 6.18. The number of hydrogen-bond acceptors (Lipinski definition) is 3. The molecule has 3 aromatic rings. The Labute approximate surface area is 115 Å². The van der Waals surface area contributed by atoms with Gasteiger partial charge in [0.2, 0.25) is 0 Å².